The zero-order chi connectivity index (χ0) is 73.4. The van der Waals surface area contributed by atoms with Crippen LogP contribution < -0.4 is 26.2 Å². The van der Waals surface area contributed by atoms with Crippen LogP contribution in [0.3, 0.4) is 0 Å². The predicted octanol–water partition coefficient (Wildman–Crippen LogP) is 24.9. The first kappa shape index (κ1) is 56.3. The molecule has 5 heterocycles. The normalized spacial score (nSPS) is 13.8. The van der Waals surface area contributed by atoms with E-state index in [1.54, 1.807) is 0 Å². The number of anilines is 6. The maximum absolute atomic E-state index is 9.50. The van der Waals surface area contributed by atoms with E-state index in [1.165, 1.54) is 63.9 Å². The number of nitrogens with zero attached hydrogens (tertiary/aromatic N) is 4. The molecular formula is C96H77BN4S. The first-order chi connectivity index (χ1) is 51.6. The molecule has 0 N–H and O–H groups in total. The number of thiophene rings is 1. The quantitative estimate of drug-likeness (QED) is 0.141. The molecule has 102 heavy (non-hydrogen) atoms. The Balaban J connectivity index is 0.914. The summed E-state index contributed by atoms with van der Waals surface area (Å²) in [6, 6.07) is 99.1. The number of hydrogen-bond acceptors (Lipinski definition) is 3. The van der Waals surface area contributed by atoms with Gasteiger partial charge in [0.15, 0.2) is 0 Å². The van der Waals surface area contributed by atoms with Gasteiger partial charge >= 0.3 is 0 Å². The molecular weight excluding hydrogens is 1250 g/mol. The van der Waals surface area contributed by atoms with Gasteiger partial charge in [0.1, 0.15) is 0 Å². The van der Waals surface area contributed by atoms with Crippen LogP contribution in [-0.2, 0) is 16.2 Å². The summed E-state index contributed by atoms with van der Waals surface area (Å²) in [7, 11) is 0. The van der Waals surface area contributed by atoms with Crippen LogP contribution in [0.5, 0.6) is 0 Å². The Labute approximate surface area is 608 Å². The van der Waals surface area contributed by atoms with Crippen LogP contribution in [0.2, 0.25) is 0 Å². The van der Waals surface area contributed by atoms with Crippen LogP contribution in [0.4, 0.5) is 34.1 Å². The summed E-state index contributed by atoms with van der Waals surface area (Å²) in [5.74, 6) is 0. The van der Waals surface area contributed by atoms with Crippen LogP contribution in [0.15, 0.2) is 303 Å². The van der Waals surface area contributed by atoms with Gasteiger partial charge in [-0.1, -0.05) is 262 Å². The number of hydrogen-bond donors (Lipinski definition) is 0. The summed E-state index contributed by atoms with van der Waals surface area (Å²) in [4.78, 5) is 5.04. The molecule has 0 amide bonds. The molecule has 2 aliphatic rings. The first-order valence-electron chi connectivity index (χ1n) is 38.1. The standard InChI is InChI=1S/C96H77BN4S/c1-94(2,3)66-43-50-84-77(55-66)78-56-67(95(4,5)6)44-51-85(78)99(84)70-45-47-80-88(59-70)101(86-39-25-37-74-73-36-24-35-71(92(73)102-93(74)86)65-42-49-83-76(53-65)72-34-22-23-38-81(72)98(83)69-32-20-13-21-33-69)90-58-68(96(7,8)9)57-89-91(90)97(80)79-46-40-64(61-28-16-11-17-29-61)54-87(79)100(89)82-48-41-63(60-26-14-10-15-27-60)52-75(82)62-30-18-12-19-31-62/h10-59H,1-9H3/i11D,16D,17D,28D,29D. The molecule has 19 rings (SSSR count). The Morgan fingerprint density at radius 1 is 0.294 bits per heavy atom. The zero-order valence-corrected chi connectivity index (χ0v) is 59.6. The van der Waals surface area contributed by atoms with Gasteiger partial charge in [-0.3, -0.25) is 0 Å². The lowest BCUT2D eigenvalue weighted by Gasteiger charge is -2.45. The number of aromatic nitrogens is 2. The van der Waals surface area contributed by atoms with Gasteiger partial charge < -0.3 is 18.9 Å². The molecule has 14 aromatic carbocycles. The van der Waals surface area contributed by atoms with Crippen LogP contribution in [-0.4, -0.2) is 15.8 Å². The lowest BCUT2D eigenvalue weighted by molar-refractivity contribution is 0.590. The van der Waals surface area contributed by atoms with Crippen molar-refractivity contribution in [1.82, 2.24) is 9.13 Å². The van der Waals surface area contributed by atoms with E-state index in [-0.39, 0.29) is 52.7 Å². The lowest BCUT2D eigenvalue weighted by atomic mass is 9.33. The summed E-state index contributed by atoms with van der Waals surface area (Å²) in [5, 5.41) is 7.22. The third-order valence-electron chi connectivity index (χ3n) is 21.6. The van der Waals surface area contributed by atoms with Gasteiger partial charge in [0, 0.05) is 76.7 Å². The molecule has 0 bridgehead atoms. The smallest absolute Gasteiger partial charge is 0.252 e. The fourth-order valence-electron chi connectivity index (χ4n) is 16.4. The Kier molecular flexibility index (Phi) is 12.7. The van der Waals surface area contributed by atoms with E-state index >= 15 is 0 Å². The molecule has 3 aromatic heterocycles. The van der Waals surface area contributed by atoms with Crippen LogP contribution in [0.1, 0.15) is 85.9 Å². The van der Waals surface area contributed by atoms with Gasteiger partial charge in [0.05, 0.1) is 45.0 Å². The van der Waals surface area contributed by atoms with Gasteiger partial charge in [0.25, 0.3) is 6.71 Å². The van der Waals surface area contributed by atoms with Crippen molar-refractivity contribution in [1.29, 1.82) is 0 Å². The van der Waals surface area contributed by atoms with Crippen LogP contribution in [0, 0.1) is 0 Å². The van der Waals surface area contributed by atoms with Crippen molar-refractivity contribution in [2.24, 2.45) is 0 Å². The Hall–Kier alpha value is -11.4. The minimum Gasteiger partial charge on any atom is -0.311 e. The Bertz CT molecular complexity index is 6490. The van der Waals surface area contributed by atoms with Crippen molar-refractivity contribution in [2.45, 2.75) is 78.6 Å². The second kappa shape index (κ2) is 23.1. The van der Waals surface area contributed by atoms with E-state index in [0.717, 1.165) is 112 Å². The topological polar surface area (TPSA) is 16.3 Å². The molecule has 0 fully saturated rings. The number of para-hydroxylation sites is 2. The maximum Gasteiger partial charge on any atom is 0.252 e. The van der Waals surface area contributed by atoms with Crippen LogP contribution in [0.25, 0.3) is 120 Å². The molecule has 6 heteroatoms. The van der Waals surface area contributed by atoms with Crippen molar-refractivity contribution in [3.8, 4) is 55.9 Å². The zero-order valence-electron chi connectivity index (χ0n) is 63.8. The first-order valence-corrected chi connectivity index (χ1v) is 36.4. The SMILES string of the molecule is [2H]c1c([2H])c([2H])c(-c2ccc3c(c2)N(c2ccc(-c4ccccc4)cc2-c2ccccc2)c2cc(C(C)(C)C)cc4c2B3c2ccc(-n3c5ccc(C(C)(C)C)cc5c5cc(C(C)(C)C)ccc53)cc2N4c2cccc3c2sc2c(-c4ccc5c(c4)c4ccccc4n5-c4ccccc4)cccc23)c([2H])c1[2H]. The molecule has 17 aromatic rings. The van der Waals surface area contributed by atoms with Gasteiger partial charge in [-0.15, -0.1) is 11.3 Å². The second-order valence-corrected chi connectivity index (χ2v) is 31.9. The Morgan fingerprint density at radius 2 is 0.804 bits per heavy atom. The summed E-state index contributed by atoms with van der Waals surface area (Å²) >= 11 is 1.87. The third-order valence-corrected chi connectivity index (χ3v) is 22.9. The maximum atomic E-state index is 9.50. The highest BCUT2D eigenvalue weighted by Crippen LogP contribution is 2.53. The average molecular weight is 1330 g/mol. The molecule has 0 saturated carbocycles. The molecule has 0 unspecified atom stereocenters. The summed E-state index contributed by atoms with van der Waals surface area (Å²) in [5.41, 5.74) is 26.4. The number of benzene rings is 14. The molecule has 0 atom stereocenters. The van der Waals surface area contributed by atoms with E-state index in [1.807, 2.05) is 17.4 Å². The van der Waals surface area contributed by atoms with E-state index in [2.05, 4.69) is 348 Å². The van der Waals surface area contributed by atoms with Crippen molar-refractivity contribution >= 4 is 132 Å². The van der Waals surface area contributed by atoms with E-state index in [0.29, 0.717) is 5.56 Å². The Morgan fingerprint density at radius 3 is 1.47 bits per heavy atom. The van der Waals surface area contributed by atoms with Gasteiger partial charge in [-0.2, -0.15) is 0 Å². The van der Waals surface area contributed by atoms with Gasteiger partial charge in [0.2, 0.25) is 0 Å². The van der Waals surface area contributed by atoms with Crippen molar-refractivity contribution in [3.63, 3.8) is 0 Å². The third kappa shape index (κ3) is 9.78. The predicted molar refractivity (Wildman–Crippen MR) is 440 cm³/mol. The molecule has 0 aliphatic carbocycles. The average Bonchev–Trinajstić information content (AvgIpc) is 0.925. The molecule has 0 spiro atoms. The van der Waals surface area contributed by atoms with Crippen LogP contribution >= 0.6 is 11.3 Å². The van der Waals surface area contributed by atoms with E-state index < -0.39 is 6.04 Å². The summed E-state index contributed by atoms with van der Waals surface area (Å²) in [6.45, 7) is 20.4. The summed E-state index contributed by atoms with van der Waals surface area (Å²) < 4.78 is 53.0. The second-order valence-electron chi connectivity index (χ2n) is 30.9. The van der Waals surface area contributed by atoms with Crippen molar-refractivity contribution < 1.29 is 6.85 Å². The molecule has 0 saturated heterocycles. The molecule has 4 nitrogen and oxygen atoms in total. The summed E-state index contributed by atoms with van der Waals surface area (Å²) in [6.07, 6.45) is 0. The van der Waals surface area contributed by atoms with Crippen molar-refractivity contribution in [3.05, 3.63) is 320 Å². The van der Waals surface area contributed by atoms with E-state index in [9.17, 15) is 2.74 Å². The largest absolute Gasteiger partial charge is 0.311 e. The molecule has 490 valence electrons. The highest BCUT2D eigenvalue weighted by molar-refractivity contribution is 7.27. The van der Waals surface area contributed by atoms with Crippen molar-refractivity contribution in [2.75, 3.05) is 9.80 Å². The number of fused-ring (bicyclic) bond motifs is 13. The minimum atomic E-state index is -0.424. The monoisotopic (exact) mass is 1330 g/mol. The van der Waals surface area contributed by atoms with E-state index in [4.69, 9.17) is 4.11 Å². The fraction of sp³-hybridized carbons (Fsp3) is 0.125. The molecule has 0 radical (unpaired) electrons. The fourth-order valence-corrected chi connectivity index (χ4v) is 17.8. The molecule has 2 aliphatic heterocycles. The minimum absolute atomic E-state index is 0.0863. The highest BCUT2D eigenvalue weighted by atomic mass is 32.1. The van der Waals surface area contributed by atoms with Gasteiger partial charge in [-0.25, -0.2) is 0 Å². The highest BCUT2D eigenvalue weighted by Gasteiger charge is 2.45. The number of rotatable bonds is 8. The van der Waals surface area contributed by atoms with Gasteiger partial charge in [-0.05, 0) is 191 Å². The lowest BCUT2D eigenvalue weighted by Crippen LogP contribution is -2.61.